The first-order chi connectivity index (χ1) is 14.7. The first kappa shape index (κ1) is 23.9. The average Bonchev–Trinajstić information content (AvgIpc) is 2.76. The highest BCUT2D eigenvalue weighted by atomic mass is 35.5. The second kappa shape index (κ2) is 9.83. The van der Waals surface area contributed by atoms with Crippen molar-refractivity contribution in [1.29, 1.82) is 0 Å². The summed E-state index contributed by atoms with van der Waals surface area (Å²) >= 11 is 18.1. The molecule has 1 saturated heterocycles. The van der Waals surface area contributed by atoms with E-state index in [1.807, 2.05) is 0 Å². The van der Waals surface area contributed by atoms with Gasteiger partial charge in [-0.15, -0.1) is 0 Å². The topological polar surface area (TPSA) is 84.9 Å². The Morgan fingerprint density at radius 1 is 1.00 bits per heavy atom. The van der Waals surface area contributed by atoms with Gasteiger partial charge in [0.05, 0.1) is 30.0 Å². The van der Waals surface area contributed by atoms with Gasteiger partial charge in [-0.2, -0.15) is 4.31 Å². The van der Waals surface area contributed by atoms with Crippen LogP contribution in [0.15, 0.2) is 35.2 Å². The normalized spacial score (nSPS) is 15.5. The minimum Gasteiger partial charge on any atom is -0.495 e. The molecule has 1 amide bonds. The lowest BCUT2D eigenvalue weighted by Crippen LogP contribution is -2.41. The quantitative estimate of drug-likeness (QED) is 0.612. The van der Waals surface area contributed by atoms with Crippen molar-refractivity contribution in [2.45, 2.75) is 17.7 Å². The number of carbonyl (C=O) groups excluding carboxylic acids is 1. The van der Waals surface area contributed by atoms with Crippen molar-refractivity contribution in [2.24, 2.45) is 5.92 Å². The number of nitrogens with one attached hydrogen (secondary N) is 1. The van der Waals surface area contributed by atoms with Gasteiger partial charge < -0.3 is 14.8 Å². The van der Waals surface area contributed by atoms with Gasteiger partial charge in [0.15, 0.2) is 0 Å². The highest BCUT2D eigenvalue weighted by molar-refractivity contribution is 7.89. The number of benzene rings is 2. The predicted octanol–water partition coefficient (Wildman–Crippen LogP) is 4.70. The van der Waals surface area contributed by atoms with Crippen molar-refractivity contribution < 1.29 is 22.7 Å². The molecule has 1 heterocycles. The monoisotopic (exact) mass is 506 g/mol. The Hall–Kier alpha value is -1.71. The molecule has 0 spiro atoms. The van der Waals surface area contributed by atoms with Gasteiger partial charge in [0.25, 0.3) is 0 Å². The number of nitrogens with zero attached hydrogens (tertiary/aromatic N) is 1. The molecule has 7 nitrogen and oxygen atoms in total. The summed E-state index contributed by atoms with van der Waals surface area (Å²) in [6.07, 6.45) is 0.715. The van der Waals surface area contributed by atoms with E-state index in [2.05, 4.69) is 5.32 Å². The number of hydrogen-bond donors (Lipinski definition) is 1. The third kappa shape index (κ3) is 5.21. The molecular weight excluding hydrogens is 487 g/mol. The van der Waals surface area contributed by atoms with Crippen LogP contribution in [0.3, 0.4) is 0 Å². The van der Waals surface area contributed by atoms with Crippen LogP contribution in [-0.4, -0.2) is 45.9 Å². The fraction of sp³-hybridized carbons (Fsp3) is 0.350. The lowest BCUT2D eigenvalue weighted by Gasteiger charge is -2.31. The smallest absolute Gasteiger partial charge is 0.244 e. The van der Waals surface area contributed by atoms with Gasteiger partial charge in [-0.3, -0.25) is 4.79 Å². The van der Waals surface area contributed by atoms with Crippen molar-refractivity contribution in [3.05, 3.63) is 45.4 Å². The summed E-state index contributed by atoms with van der Waals surface area (Å²) in [5.41, 5.74) is 0.425. The van der Waals surface area contributed by atoms with Gasteiger partial charge in [0.1, 0.15) is 16.4 Å². The van der Waals surface area contributed by atoms with Gasteiger partial charge in [-0.1, -0.05) is 34.8 Å². The van der Waals surface area contributed by atoms with Gasteiger partial charge in [0.2, 0.25) is 15.9 Å². The highest BCUT2D eigenvalue weighted by Gasteiger charge is 2.33. The SMILES string of the molecule is COc1cc(NC(=O)C2CCN(S(=O)(=O)c3cc(Cl)ccc3Cl)CC2)c(OC)cc1Cl. The molecule has 0 aliphatic carbocycles. The van der Waals surface area contributed by atoms with E-state index >= 15 is 0 Å². The van der Waals surface area contributed by atoms with Crippen molar-refractivity contribution >= 4 is 56.4 Å². The molecule has 0 atom stereocenters. The van der Waals surface area contributed by atoms with E-state index in [1.54, 1.807) is 12.1 Å². The number of carbonyl (C=O) groups is 1. The van der Waals surface area contributed by atoms with E-state index in [-0.39, 0.29) is 39.9 Å². The zero-order valence-corrected chi connectivity index (χ0v) is 19.9. The van der Waals surface area contributed by atoms with E-state index in [9.17, 15) is 13.2 Å². The first-order valence-electron chi connectivity index (χ1n) is 9.35. The molecular formula is C20H21Cl3N2O5S. The van der Waals surface area contributed by atoms with Crippen LogP contribution in [0, 0.1) is 5.92 Å². The summed E-state index contributed by atoms with van der Waals surface area (Å²) < 4.78 is 37.7. The molecule has 0 radical (unpaired) electrons. The van der Waals surface area contributed by atoms with Gasteiger partial charge in [-0.05, 0) is 31.0 Å². The maximum Gasteiger partial charge on any atom is 0.244 e. The Kier molecular flexibility index (Phi) is 7.59. The number of amides is 1. The molecule has 3 rings (SSSR count). The number of ether oxygens (including phenoxy) is 2. The molecule has 1 fully saturated rings. The van der Waals surface area contributed by atoms with Crippen LogP contribution in [0.1, 0.15) is 12.8 Å². The Bertz CT molecular complexity index is 1090. The van der Waals surface area contributed by atoms with Crippen LogP contribution in [0.2, 0.25) is 15.1 Å². The molecule has 0 saturated carbocycles. The average molecular weight is 508 g/mol. The first-order valence-corrected chi connectivity index (χ1v) is 11.9. The minimum atomic E-state index is -3.81. The fourth-order valence-electron chi connectivity index (χ4n) is 3.37. The largest absolute Gasteiger partial charge is 0.495 e. The lowest BCUT2D eigenvalue weighted by molar-refractivity contribution is -0.120. The molecule has 2 aromatic carbocycles. The summed E-state index contributed by atoms with van der Waals surface area (Å²) in [6, 6.07) is 7.45. The molecule has 2 aromatic rings. The van der Waals surface area contributed by atoms with E-state index in [0.717, 1.165) is 0 Å². The summed E-state index contributed by atoms with van der Waals surface area (Å²) in [7, 11) is -0.869. The van der Waals surface area contributed by atoms with E-state index in [0.29, 0.717) is 35.1 Å². The zero-order valence-electron chi connectivity index (χ0n) is 16.8. The summed E-state index contributed by atoms with van der Waals surface area (Å²) in [5, 5.41) is 3.57. The molecule has 168 valence electrons. The Balaban J connectivity index is 1.70. The molecule has 1 aliphatic rings. The van der Waals surface area contributed by atoms with Crippen LogP contribution in [-0.2, 0) is 14.8 Å². The number of methoxy groups -OCH3 is 2. The Morgan fingerprint density at radius 3 is 2.26 bits per heavy atom. The third-order valence-corrected chi connectivity index (χ3v) is 7.98. The Labute approximate surface area is 196 Å². The second-order valence-corrected chi connectivity index (χ2v) is 10.1. The molecule has 0 bridgehead atoms. The summed E-state index contributed by atoms with van der Waals surface area (Å²) in [6.45, 7) is 0.370. The van der Waals surface area contributed by atoms with Gasteiger partial charge >= 0.3 is 0 Å². The summed E-state index contributed by atoms with van der Waals surface area (Å²) in [4.78, 5) is 12.8. The second-order valence-electron chi connectivity index (χ2n) is 6.93. The van der Waals surface area contributed by atoms with Crippen molar-refractivity contribution in [2.75, 3.05) is 32.6 Å². The number of sulfonamides is 1. The number of halogens is 3. The van der Waals surface area contributed by atoms with Crippen LogP contribution in [0.4, 0.5) is 5.69 Å². The van der Waals surface area contributed by atoms with Crippen LogP contribution >= 0.6 is 34.8 Å². The molecule has 0 unspecified atom stereocenters. The highest BCUT2D eigenvalue weighted by Crippen LogP contribution is 2.37. The molecule has 0 aromatic heterocycles. The van der Waals surface area contributed by atoms with Gasteiger partial charge in [-0.25, -0.2) is 8.42 Å². The number of piperidine rings is 1. The standard InChI is InChI=1S/C20H21Cl3N2O5S/c1-29-17-11-16(18(30-2)10-15(17)23)24-20(26)12-5-7-25(8-6-12)31(27,28)19-9-13(21)3-4-14(19)22/h3-4,9-12H,5-8H2,1-2H3,(H,24,26). The van der Waals surface area contributed by atoms with Gasteiger partial charge in [0, 0.05) is 36.2 Å². The van der Waals surface area contributed by atoms with Crippen LogP contribution < -0.4 is 14.8 Å². The van der Waals surface area contributed by atoms with Crippen molar-refractivity contribution in [3.63, 3.8) is 0 Å². The maximum atomic E-state index is 13.0. The molecule has 1 aliphatic heterocycles. The Morgan fingerprint density at radius 2 is 1.65 bits per heavy atom. The number of anilines is 1. The van der Waals surface area contributed by atoms with E-state index < -0.39 is 10.0 Å². The van der Waals surface area contributed by atoms with Crippen molar-refractivity contribution in [3.8, 4) is 11.5 Å². The number of rotatable bonds is 6. The number of hydrogen-bond acceptors (Lipinski definition) is 5. The van der Waals surface area contributed by atoms with Crippen molar-refractivity contribution in [1.82, 2.24) is 4.31 Å². The van der Waals surface area contributed by atoms with E-state index in [4.69, 9.17) is 44.3 Å². The van der Waals surface area contributed by atoms with Crippen LogP contribution in [0.25, 0.3) is 0 Å². The lowest BCUT2D eigenvalue weighted by atomic mass is 9.97. The molecule has 1 N–H and O–H groups in total. The zero-order chi connectivity index (χ0) is 22.8. The minimum absolute atomic E-state index is 0.0393. The fourth-order valence-corrected chi connectivity index (χ4v) is 5.80. The predicted molar refractivity (Wildman–Crippen MR) is 121 cm³/mol. The molecule has 11 heteroatoms. The maximum absolute atomic E-state index is 13.0. The van der Waals surface area contributed by atoms with E-state index in [1.165, 1.54) is 36.7 Å². The molecule has 31 heavy (non-hydrogen) atoms. The summed E-state index contributed by atoms with van der Waals surface area (Å²) in [5.74, 6) is 0.194. The van der Waals surface area contributed by atoms with Crippen LogP contribution in [0.5, 0.6) is 11.5 Å². The third-order valence-electron chi connectivity index (χ3n) is 5.07.